The lowest BCUT2D eigenvalue weighted by atomic mass is 10.1. The van der Waals surface area contributed by atoms with Crippen LogP contribution in [0.25, 0.3) is 12.2 Å². The minimum absolute atomic E-state index is 0.174. The van der Waals surface area contributed by atoms with E-state index in [0.717, 1.165) is 35.5 Å². The lowest BCUT2D eigenvalue weighted by Crippen LogP contribution is -2.02. The van der Waals surface area contributed by atoms with Crippen LogP contribution in [0.4, 0.5) is 0 Å². The maximum atomic E-state index is 12.0. The Kier molecular flexibility index (Phi) is 11.5. The molecule has 0 saturated carbocycles. The van der Waals surface area contributed by atoms with E-state index in [0.29, 0.717) is 25.0 Å². The first kappa shape index (κ1) is 24.7. The molecular weight excluding hydrogens is 435 g/mol. The van der Waals surface area contributed by atoms with Gasteiger partial charge in [-0.1, -0.05) is 36.4 Å². The number of hydrogen-bond acceptors (Lipinski definition) is 4. The molecule has 0 radical (unpaired) electrons. The number of carbonyl (C=O) groups is 2. The Hall–Kier alpha value is -2.56. The molecule has 2 aromatic rings. The maximum absolute atomic E-state index is 12.0. The minimum Gasteiger partial charge on any atom is -0.494 e. The number of rotatable bonds is 14. The molecule has 0 spiro atoms. The van der Waals surface area contributed by atoms with E-state index in [4.69, 9.17) is 32.7 Å². The third kappa shape index (κ3) is 10.3. The van der Waals surface area contributed by atoms with E-state index in [1.807, 2.05) is 48.5 Å². The maximum Gasteiger partial charge on any atom is 0.163 e. The van der Waals surface area contributed by atoms with Crippen molar-refractivity contribution in [2.45, 2.75) is 19.3 Å². The molecule has 0 saturated heterocycles. The van der Waals surface area contributed by atoms with E-state index >= 15 is 0 Å². The molecule has 0 aliphatic carbocycles. The topological polar surface area (TPSA) is 52.6 Å². The summed E-state index contributed by atoms with van der Waals surface area (Å²) >= 11 is 11.2. The summed E-state index contributed by atoms with van der Waals surface area (Å²) < 4.78 is 11.1. The quantitative estimate of drug-likeness (QED) is 0.151. The third-order valence-corrected chi connectivity index (χ3v) is 4.66. The molecular formula is C25H26Cl2O4. The molecule has 31 heavy (non-hydrogen) atoms. The Morgan fingerprint density at radius 1 is 0.677 bits per heavy atom. The van der Waals surface area contributed by atoms with Gasteiger partial charge in [-0.15, -0.1) is 23.2 Å². The summed E-state index contributed by atoms with van der Waals surface area (Å²) in [4.78, 5) is 24.1. The second kappa shape index (κ2) is 14.4. The van der Waals surface area contributed by atoms with Crippen LogP contribution in [0.3, 0.4) is 0 Å². The number of halogens is 2. The summed E-state index contributed by atoms with van der Waals surface area (Å²) in [5.41, 5.74) is 1.71. The molecule has 2 aromatic carbocycles. The first-order valence-electron chi connectivity index (χ1n) is 10.1. The molecule has 0 aliphatic rings. The molecule has 0 N–H and O–H groups in total. The van der Waals surface area contributed by atoms with Gasteiger partial charge in [0, 0.05) is 11.8 Å². The smallest absolute Gasteiger partial charge is 0.163 e. The highest BCUT2D eigenvalue weighted by Gasteiger charge is 2.04. The molecule has 6 heteroatoms. The number of hydrogen-bond donors (Lipinski definition) is 0. The number of allylic oxidation sites excluding steroid dienone is 2. The fraction of sp³-hybridized carbons (Fsp3) is 0.280. The molecule has 0 aliphatic heterocycles. The Morgan fingerprint density at radius 3 is 1.42 bits per heavy atom. The molecule has 4 nitrogen and oxygen atoms in total. The minimum atomic E-state index is -0.250. The zero-order chi connectivity index (χ0) is 22.3. The average molecular weight is 461 g/mol. The van der Waals surface area contributed by atoms with E-state index in [1.54, 1.807) is 12.2 Å². The highest BCUT2D eigenvalue weighted by molar-refractivity contribution is 6.18. The zero-order valence-corrected chi connectivity index (χ0v) is 18.8. The van der Waals surface area contributed by atoms with Gasteiger partial charge in [0.15, 0.2) is 11.6 Å². The monoisotopic (exact) mass is 460 g/mol. The average Bonchev–Trinajstić information content (AvgIpc) is 2.78. The predicted molar refractivity (Wildman–Crippen MR) is 127 cm³/mol. The molecule has 0 fully saturated rings. The van der Waals surface area contributed by atoms with Crippen molar-refractivity contribution in [3.63, 3.8) is 0 Å². The van der Waals surface area contributed by atoms with E-state index in [2.05, 4.69) is 0 Å². The van der Waals surface area contributed by atoms with Crippen LogP contribution in [-0.4, -0.2) is 36.5 Å². The number of alkyl halides is 2. The van der Waals surface area contributed by atoms with Gasteiger partial charge in [-0.05, 0) is 60.4 Å². The van der Waals surface area contributed by atoms with Gasteiger partial charge in [0.1, 0.15) is 11.5 Å². The van der Waals surface area contributed by atoms with E-state index in [1.165, 1.54) is 12.2 Å². The molecule has 2 rings (SSSR count). The van der Waals surface area contributed by atoms with Gasteiger partial charge >= 0.3 is 0 Å². The predicted octanol–water partition coefficient (Wildman–Crippen LogP) is 5.96. The standard InChI is InChI=1S/C25H26Cl2O4/c26-15-1-17-30-24-11-5-20(6-12-24)3-9-22(28)19-23(29)10-4-21-7-13-25(14-8-21)31-18-2-16-27/h3-14H,1-2,15-19H2. The van der Waals surface area contributed by atoms with Crippen molar-refractivity contribution in [2.24, 2.45) is 0 Å². The van der Waals surface area contributed by atoms with Gasteiger partial charge in [-0.25, -0.2) is 0 Å². The molecule has 0 atom stereocenters. The Balaban J connectivity index is 1.77. The van der Waals surface area contributed by atoms with Gasteiger partial charge in [0.05, 0.1) is 19.6 Å². The first-order chi connectivity index (χ1) is 15.1. The van der Waals surface area contributed by atoms with Crippen molar-refractivity contribution in [1.82, 2.24) is 0 Å². The van der Waals surface area contributed by atoms with Crippen LogP contribution in [0.1, 0.15) is 30.4 Å². The van der Waals surface area contributed by atoms with Crippen molar-refractivity contribution >= 4 is 46.9 Å². The fourth-order valence-corrected chi connectivity index (χ4v) is 2.73. The number of benzene rings is 2. The van der Waals surface area contributed by atoms with Crippen LogP contribution >= 0.6 is 23.2 Å². The van der Waals surface area contributed by atoms with Crippen LogP contribution < -0.4 is 9.47 Å². The lowest BCUT2D eigenvalue weighted by Gasteiger charge is -2.04. The number of ether oxygens (including phenoxy) is 2. The number of carbonyl (C=O) groups excluding carboxylic acids is 2. The Morgan fingerprint density at radius 2 is 1.06 bits per heavy atom. The molecule has 0 heterocycles. The summed E-state index contributed by atoms with van der Waals surface area (Å²) in [6.45, 7) is 1.14. The van der Waals surface area contributed by atoms with E-state index in [-0.39, 0.29) is 18.0 Å². The van der Waals surface area contributed by atoms with Crippen LogP contribution in [-0.2, 0) is 9.59 Å². The Bertz CT molecular complexity index is 798. The van der Waals surface area contributed by atoms with Gasteiger partial charge in [0.25, 0.3) is 0 Å². The molecule has 0 bridgehead atoms. The molecule has 0 aromatic heterocycles. The third-order valence-electron chi connectivity index (χ3n) is 4.13. The highest BCUT2D eigenvalue weighted by atomic mass is 35.5. The summed E-state index contributed by atoms with van der Waals surface area (Å²) in [6.07, 6.45) is 7.61. The summed E-state index contributed by atoms with van der Waals surface area (Å²) in [5.74, 6) is 2.13. The molecule has 0 amide bonds. The second-order valence-electron chi connectivity index (χ2n) is 6.70. The van der Waals surface area contributed by atoms with Crippen LogP contribution in [0.15, 0.2) is 60.7 Å². The second-order valence-corrected chi connectivity index (χ2v) is 7.45. The van der Waals surface area contributed by atoms with Gasteiger partial charge in [-0.3, -0.25) is 9.59 Å². The summed E-state index contributed by atoms with van der Waals surface area (Å²) in [7, 11) is 0. The van der Waals surface area contributed by atoms with Gasteiger partial charge in [0.2, 0.25) is 0 Å². The van der Waals surface area contributed by atoms with Crippen LogP contribution in [0.5, 0.6) is 11.5 Å². The molecule has 0 unspecified atom stereocenters. The van der Waals surface area contributed by atoms with Gasteiger partial charge in [-0.2, -0.15) is 0 Å². The van der Waals surface area contributed by atoms with E-state index < -0.39 is 0 Å². The number of ketones is 2. The molecule has 164 valence electrons. The van der Waals surface area contributed by atoms with E-state index in [9.17, 15) is 9.59 Å². The van der Waals surface area contributed by atoms with Gasteiger partial charge < -0.3 is 9.47 Å². The van der Waals surface area contributed by atoms with Crippen molar-refractivity contribution < 1.29 is 19.1 Å². The largest absolute Gasteiger partial charge is 0.494 e. The zero-order valence-electron chi connectivity index (χ0n) is 17.3. The fourth-order valence-electron chi connectivity index (χ4n) is 2.51. The van der Waals surface area contributed by atoms with Crippen LogP contribution in [0.2, 0.25) is 0 Å². The van der Waals surface area contributed by atoms with Crippen molar-refractivity contribution in [3.05, 3.63) is 71.8 Å². The normalized spacial score (nSPS) is 11.2. The highest BCUT2D eigenvalue weighted by Crippen LogP contribution is 2.15. The van der Waals surface area contributed by atoms with Crippen molar-refractivity contribution in [1.29, 1.82) is 0 Å². The first-order valence-corrected chi connectivity index (χ1v) is 11.2. The summed E-state index contributed by atoms with van der Waals surface area (Å²) in [5, 5.41) is 0. The van der Waals surface area contributed by atoms with Crippen molar-refractivity contribution in [2.75, 3.05) is 25.0 Å². The summed E-state index contributed by atoms with van der Waals surface area (Å²) in [6, 6.07) is 14.7. The lowest BCUT2D eigenvalue weighted by molar-refractivity contribution is -0.121. The Labute approximate surface area is 193 Å². The van der Waals surface area contributed by atoms with Crippen molar-refractivity contribution in [3.8, 4) is 11.5 Å². The van der Waals surface area contributed by atoms with Crippen LogP contribution in [0, 0.1) is 0 Å². The SMILES string of the molecule is O=C(C=Cc1ccc(OCCCCl)cc1)CC(=O)C=Cc1ccc(OCCCCl)cc1.